The van der Waals surface area contributed by atoms with Crippen molar-refractivity contribution < 1.29 is 9.53 Å². The first-order valence-corrected chi connectivity index (χ1v) is 6.21. The molecule has 0 aliphatic rings. The van der Waals surface area contributed by atoms with Crippen LogP contribution in [0.5, 0.6) is 0 Å². The summed E-state index contributed by atoms with van der Waals surface area (Å²) in [6.07, 6.45) is 1.41. The standard InChI is InChI=1S/C12H16BrNO3/c1-7(2)17-12(16)9(4)14-6-10(13)5-8(3)11(14)15/h5-7,9H,1-4H3. The molecule has 5 heteroatoms. The highest BCUT2D eigenvalue weighted by Gasteiger charge is 2.19. The molecule has 1 unspecified atom stereocenters. The Labute approximate surface area is 109 Å². The van der Waals surface area contributed by atoms with Gasteiger partial charge in [-0.15, -0.1) is 0 Å². The van der Waals surface area contributed by atoms with Gasteiger partial charge in [-0.1, -0.05) is 0 Å². The Balaban J connectivity index is 3.08. The van der Waals surface area contributed by atoms with E-state index in [2.05, 4.69) is 15.9 Å². The molecule has 0 saturated heterocycles. The summed E-state index contributed by atoms with van der Waals surface area (Å²) in [5.41, 5.74) is 0.407. The zero-order valence-electron chi connectivity index (χ0n) is 10.4. The van der Waals surface area contributed by atoms with E-state index in [4.69, 9.17) is 4.74 Å². The summed E-state index contributed by atoms with van der Waals surface area (Å²) in [7, 11) is 0. The average Bonchev–Trinajstić information content (AvgIpc) is 2.21. The Morgan fingerprint density at radius 3 is 2.53 bits per heavy atom. The minimum Gasteiger partial charge on any atom is -0.461 e. The van der Waals surface area contributed by atoms with Crippen molar-refractivity contribution in [1.82, 2.24) is 4.57 Å². The fourth-order valence-electron chi connectivity index (χ4n) is 1.43. The molecule has 0 bridgehead atoms. The number of aromatic nitrogens is 1. The highest BCUT2D eigenvalue weighted by molar-refractivity contribution is 9.10. The summed E-state index contributed by atoms with van der Waals surface area (Å²) in [5, 5.41) is 0. The lowest BCUT2D eigenvalue weighted by Crippen LogP contribution is -2.31. The summed E-state index contributed by atoms with van der Waals surface area (Å²) in [4.78, 5) is 23.6. The van der Waals surface area contributed by atoms with Crippen molar-refractivity contribution in [1.29, 1.82) is 0 Å². The zero-order chi connectivity index (χ0) is 13.2. The smallest absolute Gasteiger partial charge is 0.329 e. The number of nitrogens with zero attached hydrogens (tertiary/aromatic N) is 1. The van der Waals surface area contributed by atoms with Crippen molar-refractivity contribution in [3.8, 4) is 0 Å². The number of ether oxygens (including phenoxy) is 1. The first-order chi connectivity index (χ1) is 7.82. The highest BCUT2D eigenvalue weighted by atomic mass is 79.9. The number of aryl methyl sites for hydroxylation is 1. The fourth-order valence-corrected chi connectivity index (χ4v) is 2.00. The molecule has 0 radical (unpaired) electrons. The maximum atomic E-state index is 11.9. The van der Waals surface area contributed by atoms with Gasteiger partial charge in [0.2, 0.25) is 0 Å². The van der Waals surface area contributed by atoms with Gasteiger partial charge in [0, 0.05) is 16.2 Å². The van der Waals surface area contributed by atoms with Gasteiger partial charge in [-0.2, -0.15) is 0 Å². The van der Waals surface area contributed by atoms with Crippen molar-refractivity contribution >= 4 is 21.9 Å². The lowest BCUT2D eigenvalue weighted by molar-refractivity contribution is -0.151. The molecule has 4 nitrogen and oxygen atoms in total. The Hall–Kier alpha value is -1.10. The molecular formula is C12H16BrNO3. The van der Waals surface area contributed by atoms with E-state index in [-0.39, 0.29) is 11.7 Å². The van der Waals surface area contributed by atoms with Gasteiger partial charge in [0.15, 0.2) is 0 Å². The third-order valence-electron chi connectivity index (χ3n) is 2.30. The van der Waals surface area contributed by atoms with Gasteiger partial charge in [0.05, 0.1) is 6.10 Å². The van der Waals surface area contributed by atoms with Crippen LogP contribution in [-0.2, 0) is 9.53 Å². The lowest BCUT2D eigenvalue weighted by atomic mass is 10.2. The Kier molecular flexibility index (Phi) is 4.51. The largest absolute Gasteiger partial charge is 0.461 e. The Morgan fingerprint density at radius 1 is 1.41 bits per heavy atom. The lowest BCUT2D eigenvalue weighted by Gasteiger charge is -2.17. The third-order valence-corrected chi connectivity index (χ3v) is 2.73. The first kappa shape index (κ1) is 14.0. The van der Waals surface area contributed by atoms with Crippen LogP contribution in [0, 0.1) is 6.92 Å². The van der Waals surface area contributed by atoms with Crippen molar-refractivity contribution in [3.63, 3.8) is 0 Å². The monoisotopic (exact) mass is 301 g/mol. The van der Waals surface area contributed by atoms with E-state index in [1.165, 1.54) is 4.57 Å². The van der Waals surface area contributed by atoms with Crippen molar-refractivity contribution in [2.45, 2.75) is 39.8 Å². The molecule has 17 heavy (non-hydrogen) atoms. The zero-order valence-corrected chi connectivity index (χ0v) is 11.9. The predicted molar refractivity (Wildman–Crippen MR) is 69.1 cm³/mol. The van der Waals surface area contributed by atoms with Gasteiger partial charge in [0.1, 0.15) is 6.04 Å². The van der Waals surface area contributed by atoms with E-state index in [1.807, 2.05) is 0 Å². The van der Waals surface area contributed by atoms with Crippen LogP contribution in [0.3, 0.4) is 0 Å². The number of hydrogen-bond donors (Lipinski definition) is 0. The number of esters is 1. The summed E-state index contributed by atoms with van der Waals surface area (Å²) in [6, 6.07) is 1.10. The first-order valence-electron chi connectivity index (χ1n) is 5.41. The molecule has 1 heterocycles. The maximum absolute atomic E-state index is 11.9. The van der Waals surface area contributed by atoms with E-state index in [9.17, 15) is 9.59 Å². The molecule has 0 spiro atoms. The molecule has 0 aliphatic heterocycles. The second kappa shape index (κ2) is 5.49. The van der Waals surface area contributed by atoms with Crippen LogP contribution in [0.25, 0.3) is 0 Å². The average molecular weight is 302 g/mol. The third kappa shape index (κ3) is 3.43. The van der Waals surface area contributed by atoms with Crippen LogP contribution in [0.15, 0.2) is 21.5 Å². The van der Waals surface area contributed by atoms with Gasteiger partial charge in [0.25, 0.3) is 5.56 Å². The number of carbonyl (C=O) groups excluding carboxylic acids is 1. The van der Waals surface area contributed by atoms with Crippen molar-refractivity contribution in [2.75, 3.05) is 0 Å². The van der Waals surface area contributed by atoms with E-state index in [0.29, 0.717) is 5.56 Å². The van der Waals surface area contributed by atoms with Crippen LogP contribution in [0.2, 0.25) is 0 Å². The van der Waals surface area contributed by atoms with Gasteiger partial charge in [-0.05, 0) is 49.7 Å². The van der Waals surface area contributed by atoms with Gasteiger partial charge in [-0.25, -0.2) is 4.79 Å². The van der Waals surface area contributed by atoms with E-state index in [1.54, 1.807) is 40.0 Å². The van der Waals surface area contributed by atoms with Gasteiger partial charge in [-0.3, -0.25) is 4.79 Å². The molecule has 1 atom stereocenters. The number of halogens is 1. The number of pyridine rings is 1. The number of rotatable bonds is 3. The van der Waals surface area contributed by atoms with E-state index < -0.39 is 12.0 Å². The van der Waals surface area contributed by atoms with Crippen molar-refractivity contribution in [2.24, 2.45) is 0 Å². The van der Waals surface area contributed by atoms with E-state index in [0.717, 1.165) is 4.47 Å². The highest BCUT2D eigenvalue weighted by Crippen LogP contribution is 2.13. The normalized spacial score (nSPS) is 12.6. The molecule has 1 aromatic rings. The van der Waals surface area contributed by atoms with Crippen LogP contribution >= 0.6 is 15.9 Å². The summed E-state index contributed by atoms with van der Waals surface area (Å²) in [6.45, 7) is 6.92. The van der Waals surface area contributed by atoms with Gasteiger partial charge < -0.3 is 9.30 Å². The number of hydrogen-bond acceptors (Lipinski definition) is 3. The van der Waals surface area contributed by atoms with Crippen LogP contribution in [-0.4, -0.2) is 16.6 Å². The molecule has 0 N–H and O–H groups in total. The second-order valence-electron chi connectivity index (χ2n) is 4.22. The Bertz CT molecular complexity index is 479. The SMILES string of the molecule is Cc1cc(Br)cn(C(C)C(=O)OC(C)C)c1=O. The van der Waals surface area contributed by atoms with Crippen molar-refractivity contribution in [3.05, 3.63) is 32.7 Å². The van der Waals surface area contributed by atoms with Crippen LogP contribution < -0.4 is 5.56 Å². The minimum atomic E-state index is -0.624. The summed E-state index contributed by atoms with van der Waals surface area (Å²) < 4.78 is 7.23. The van der Waals surface area contributed by atoms with Crippen LogP contribution in [0.1, 0.15) is 32.4 Å². The molecule has 1 rings (SSSR count). The van der Waals surface area contributed by atoms with Crippen LogP contribution in [0.4, 0.5) is 0 Å². The summed E-state index contributed by atoms with van der Waals surface area (Å²) >= 11 is 3.30. The quantitative estimate of drug-likeness (QED) is 0.806. The summed E-state index contributed by atoms with van der Waals surface area (Å²) in [5.74, 6) is -0.403. The van der Waals surface area contributed by atoms with Gasteiger partial charge >= 0.3 is 5.97 Å². The molecular weight excluding hydrogens is 286 g/mol. The van der Waals surface area contributed by atoms with E-state index >= 15 is 0 Å². The Morgan fingerprint density at radius 2 is 2.00 bits per heavy atom. The molecule has 0 amide bonds. The number of carbonyl (C=O) groups is 1. The maximum Gasteiger partial charge on any atom is 0.329 e. The molecule has 94 valence electrons. The molecule has 1 aromatic heterocycles. The molecule has 0 saturated carbocycles. The molecule has 0 aliphatic carbocycles. The minimum absolute atomic E-state index is 0.179. The second-order valence-corrected chi connectivity index (χ2v) is 5.13. The molecule has 0 aromatic carbocycles. The topological polar surface area (TPSA) is 48.3 Å². The predicted octanol–water partition coefficient (Wildman–Crippen LogP) is 2.43. The molecule has 0 fully saturated rings. The fraction of sp³-hybridized carbons (Fsp3) is 0.500.